The number of nitrogens with zero attached hydrogens (tertiary/aromatic N) is 1. The molecule has 0 aliphatic rings. The fourth-order valence-corrected chi connectivity index (χ4v) is 2.08. The van der Waals surface area contributed by atoms with Gasteiger partial charge in [-0.15, -0.1) is 0 Å². The van der Waals surface area contributed by atoms with Crippen LogP contribution in [0.25, 0.3) is 0 Å². The van der Waals surface area contributed by atoms with Gasteiger partial charge in [-0.2, -0.15) is 0 Å². The van der Waals surface area contributed by atoms with E-state index in [9.17, 15) is 0 Å². The van der Waals surface area contributed by atoms with E-state index in [1.165, 1.54) is 5.56 Å². The quantitative estimate of drug-likeness (QED) is 0.830. The van der Waals surface area contributed by atoms with Crippen LogP contribution in [0.3, 0.4) is 0 Å². The van der Waals surface area contributed by atoms with Crippen molar-refractivity contribution in [3.63, 3.8) is 0 Å². The van der Waals surface area contributed by atoms with Gasteiger partial charge in [0.15, 0.2) is 0 Å². The zero-order valence-electron chi connectivity index (χ0n) is 10.2. The lowest BCUT2D eigenvalue weighted by molar-refractivity contribution is 0.785. The molecular weight excluding hydrogens is 246 g/mol. The molecule has 94 valence electrons. The summed E-state index contributed by atoms with van der Waals surface area (Å²) in [7, 11) is 0. The number of aromatic nitrogens is 1. The number of rotatable bonds is 4. The third-order valence-electron chi connectivity index (χ3n) is 2.60. The van der Waals surface area contributed by atoms with Gasteiger partial charge in [-0.1, -0.05) is 41.9 Å². The number of benzene rings is 1. The maximum atomic E-state index is 5.86. The standard InChI is InChI=1S/C14H16ClN3/c1-10(7-11-5-3-2-4-6-11)17-14-9-12(16)8-13(15)18-14/h2-6,8-10H,7H2,1H3,(H3,16,17,18). The Balaban J connectivity index is 2.01. The number of pyridine rings is 1. The van der Waals surface area contributed by atoms with Crippen LogP contribution in [0.1, 0.15) is 12.5 Å². The number of nitrogen functional groups attached to an aromatic ring is 1. The summed E-state index contributed by atoms with van der Waals surface area (Å²) in [5.41, 5.74) is 7.62. The number of hydrogen-bond acceptors (Lipinski definition) is 3. The Bertz CT molecular complexity index is 493. The zero-order valence-corrected chi connectivity index (χ0v) is 11.0. The number of halogens is 1. The molecule has 0 aliphatic heterocycles. The highest BCUT2D eigenvalue weighted by atomic mass is 35.5. The lowest BCUT2D eigenvalue weighted by atomic mass is 10.1. The molecule has 3 nitrogen and oxygen atoms in total. The summed E-state index contributed by atoms with van der Waals surface area (Å²) in [6.07, 6.45) is 0.926. The molecule has 1 atom stereocenters. The fourth-order valence-electron chi connectivity index (χ4n) is 1.86. The van der Waals surface area contributed by atoms with Crippen molar-refractivity contribution in [2.24, 2.45) is 0 Å². The first kappa shape index (κ1) is 12.7. The predicted molar refractivity (Wildman–Crippen MR) is 76.9 cm³/mol. The van der Waals surface area contributed by atoms with E-state index in [0.29, 0.717) is 16.7 Å². The van der Waals surface area contributed by atoms with Crippen molar-refractivity contribution in [1.29, 1.82) is 0 Å². The number of nitrogens with two attached hydrogens (primary N) is 1. The molecule has 1 heterocycles. The summed E-state index contributed by atoms with van der Waals surface area (Å²) < 4.78 is 0. The number of anilines is 2. The predicted octanol–water partition coefficient (Wildman–Crippen LogP) is 3.36. The minimum Gasteiger partial charge on any atom is -0.399 e. The monoisotopic (exact) mass is 261 g/mol. The van der Waals surface area contributed by atoms with Crippen LogP contribution in [0.5, 0.6) is 0 Å². The van der Waals surface area contributed by atoms with Crippen molar-refractivity contribution in [3.8, 4) is 0 Å². The third kappa shape index (κ3) is 3.64. The van der Waals surface area contributed by atoms with Crippen LogP contribution in [0, 0.1) is 0 Å². The average molecular weight is 262 g/mol. The number of hydrogen-bond donors (Lipinski definition) is 2. The van der Waals surface area contributed by atoms with Crippen molar-refractivity contribution in [3.05, 3.63) is 53.2 Å². The van der Waals surface area contributed by atoms with Crippen LogP contribution in [0.4, 0.5) is 11.5 Å². The van der Waals surface area contributed by atoms with E-state index in [4.69, 9.17) is 17.3 Å². The Kier molecular flexibility index (Phi) is 4.05. The summed E-state index contributed by atoms with van der Waals surface area (Å²) in [6.45, 7) is 2.10. The molecule has 0 radical (unpaired) electrons. The molecule has 0 saturated heterocycles. The largest absolute Gasteiger partial charge is 0.399 e. The van der Waals surface area contributed by atoms with Crippen molar-refractivity contribution in [2.45, 2.75) is 19.4 Å². The van der Waals surface area contributed by atoms with Crippen LogP contribution in [-0.2, 0) is 6.42 Å². The van der Waals surface area contributed by atoms with Gasteiger partial charge in [0.05, 0.1) is 0 Å². The molecule has 0 spiro atoms. The molecular formula is C14H16ClN3. The van der Waals surface area contributed by atoms with Crippen LogP contribution in [0.15, 0.2) is 42.5 Å². The highest BCUT2D eigenvalue weighted by Gasteiger charge is 2.05. The Hall–Kier alpha value is -1.74. The minimum absolute atomic E-state index is 0.262. The molecule has 1 aromatic heterocycles. The van der Waals surface area contributed by atoms with Crippen LogP contribution >= 0.6 is 11.6 Å². The van der Waals surface area contributed by atoms with Crippen molar-refractivity contribution >= 4 is 23.1 Å². The maximum absolute atomic E-state index is 5.86. The molecule has 4 heteroatoms. The second kappa shape index (κ2) is 5.74. The molecule has 0 saturated carbocycles. The van der Waals surface area contributed by atoms with Gasteiger partial charge in [-0.3, -0.25) is 0 Å². The van der Waals surface area contributed by atoms with E-state index in [2.05, 4.69) is 29.4 Å². The second-order valence-electron chi connectivity index (χ2n) is 4.34. The van der Waals surface area contributed by atoms with E-state index in [-0.39, 0.29) is 6.04 Å². The van der Waals surface area contributed by atoms with Crippen LogP contribution < -0.4 is 11.1 Å². The molecule has 0 bridgehead atoms. The Morgan fingerprint density at radius 3 is 2.67 bits per heavy atom. The van der Waals surface area contributed by atoms with E-state index in [1.54, 1.807) is 12.1 Å². The Morgan fingerprint density at radius 2 is 2.00 bits per heavy atom. The molecule has 1 unspecified atom stereocenters. The van der Waals surface area contributed by atoms with Gasteiger partial charge in [0.2, 0.25) is 0 Å². The zero-order chi connectivity index (χ0) is 13.0. The summed E-state index contributed by atoms with van der Waals surface area (Å²) in [5, 5.41) is 3.70. The molecule has 1 aromatic carbocycles. The Morgan fingerprint density at radius 1 is 1.28 bits per heavy atom. The third-order valence-corrected chi connectivity index (χ3v) is 2.79. The summed E-state index contributed by atoms with van der Waals surface area (Å²) in [5.74, 6) is 0.712. The molecule has 0 fully saturated rings. The molecule has 0 aliphatic carbocycles. The number of nitrogens with one attached hydrogen (secondary N) is 1. The first-order valence-electron chi connectivity index (χ1n) is 5.87. The summed E-state index contributed by atoms with van der Waals surface area (Å²) in [4.78, 5) is 4.19. The highest BCUT2D eigenvalue weighted by molar-refractivity contribution is 6.29. The van der Waals surface area contributed by atoms with E-state index >= 15 is 0 Å². The smallest absolute Gasteiger partial charge is 0.133 e. The maximum Gasteiger partial charge on any atom is 0.133 e. The fraction of sp³-hybridized carbons (Fsp3) is 0.214. The first-order chi connectivity index (χ1) is 8.63. The van der Waals surface area contributed by atoms with Gasteiger partial charge in [0.1, 0.15) is 11.0 Å². The van der Waals surface area contributed by atoms with Gasteiger partial charge in [0.25, 0.3) is 0 Å². The molecule has 0 amide bonds. The molecule has 2 rings (SSSR count). The van der Waals surface area contributed by atoms with E-state index in [1.807, 2.05) is 18.2 Å². The van der Waals surface area contributed by atoms with Crippen molar-refractivity contribution in [1.82, 2.24) is 4.98 Å². The molecule has 18 heavy (non-hydrogen) atoms. The van der Waals surface area contributed by atoms with E-state index < -0.39 is 0 Å². The second-order valence-corrected chi connectivity index (χ2v) is 4.73. The topological polar surface area (TPSA) is 50.9 Å². The Labute approximate surface area is 112 Å². The summed E-state index contributed by atoms with van der Waals surface area (Å²) >= 11 is 5.86. The highest BCUT2D eigenvalue weighted by Crippen LogP contribution is 2.17. The molecule has 2 aromatic rings. The average Bonchev–Trinajstić information content (AvgIpc) is 2.28. The molecule has 3 N–H and O–H groups in total. The van der Waals surface area contributed by atoms with Gasteiger partial charge < -0.3 is 11.1 Å². The van der Waals surface area contributed by atoms with Crippen LogP contribution in [-0.4, -0.2) is 11.0 Å². The first-order valence-corrected chi connectivity index (χ1v) is 6.25. The lowest BCUT2D eigenvalue weighted by Crippen LogP contribution is -2.19. The van der Waals surface area contributed by atoms with Gasteiger partial charge in [0, 0.05) is 17.8 Å². The van der Waals surface area contributed by atoms with Gasteiger partial charge >= 0.3 is 0 Å². The SMILES string of the molecule is CC(Cc1ccccc1)Nc1cc(N)cc(Cl)n1. The summed E-state index contributed by atoms with van der Waals surface area (Å²) in [6, 6.07) is 14.0. The van der Waals surface area contributed by atoms with Crippen LogP contribution in [0.2, 0.25) is 5.15 Å². The van der Waals surface area contributed by atoms with E-state index in [0.717, 1.165) is 6.42 Å². The van der Waals surface area contributed by atoms with Gasteiger partial charge in [-0.05, 0) is 25.0 Å². The minimum atomic E-state index is 0.262. The van der Waals surface area contributed by atoms with Crippen molar-refractivity contribution < 1.29 is 0 Å². The lowest BCUT2D eigenvalue weighted by Gasteiger charge is -2.15. The van der Waals surface area contributed by atoms with Gasteiger partial charge in [-0.25, -0.2) is 4.98 Å². The normalized spacial score (nSPS) is 12.1. The van der Waals surface area contributed by atoms with Crippen molar-refractivity contribution in [2.75, 3.05) is 11.1 Å².